The molecule has 0 radical (unpaired) electrons. The molecule has 3 aromatic rings. The first-order valence-electron chi connectivity index (χ1n) is 9.37. The number of halogens is 1. The monoisotopic (exact) mass is 380 g/mol. The largest absolute Gasteiger partial charge is 0.465 e. The number of esters is 1. The molecule has 0 aliphatic rings. The summed E-state index contributed by atoms with van der Waals surface area (Å²) in [4.78, 5) is 17.2. The van der Waals surface area contributed by atoms with Crippen molar-refractivity contribution in [3.05, 3.63) is 76.7 Å². The number of aryl methyl sites for hydroxylation is 1. The van der Waals surface area contributed by atoms with Crippen molar-refractivity contribution in [1.82, 2.24) is 10.3 Å². The van der Waals surface area contributed by atoms with E-state index in [2.05, 4.69) is 19.2 Å². The Morgan fingerprint density at radius 2 is 1.82 bits per heavy atom. The van der Waals surface area contributed by atoms with Gasteiger partial charge in [0.15, 0.2) is 0 Å². The number of aromatic nitrogens is 1. The highest BCUT2D eigenvalue weighted by Gasteiger charge is 2.21. The zero-order valence-corrected chi connectivity index (χ0v) is 16.6. The predicted octanol–water partition coefficient (Wildman–Crippen LogP) is 4.96. The van der Waals surface area contributed by atoms with E-state index in [0.717, 1.165) is 22.0 Å². The molecule has 2 aromatic carbocycles. The van der Waals surface area contributed by atoms with E-state index in [1.165, 1.54) is 19.2 Å². The second-order valence-electron chi connectivity index (χ2n) is 7.22. The van der Waals surface area contributed by atoms with E-state index in [1.54, 1.807) is 12.1 Å². The van der Waals surface area contributed by atoms with Gasteiger partial charge in [0.25, 0.3) is 0 Å². The van der Waals surface area contributed by atoms with Crippen LogP contribution in [0.5, 0.6) is 0 Å². The molecule has 28 heavy (non-hydrogen) atoms. The highest BCUT2D eigenvalue weighted by atomic mass is 19.1. The van der Waals surface area contributed by atoms with Gasteiger partial charge in [0, 0.05) is 18.0 Å². The number of hydrogen-bond donors (Lipinski definition) is 1. The van der Waals surface area contributed by atoms with Gasteiger partial charge in [-0.05, 0) is 42.2 Å². The first-order chi connectivity index (χ1) is 13.4. The second-order valence-corrected chi connectivity index (χ2v) is 7.22. The molecule has 0 saturated heterocycles. The van der Waals surface area contributed by atoms with Gasteiger partial charge in [-0.2, -0.15) is 0 Å². The Balaban J connectivity index is 1.98. The van der Waals surface area contributed by atoms with E-state index in [4.69, 9.17) is 9.72 Å². The number of para-hydroxylation sites is 1. The van der Waals surface area contributed by atoms with E-state index in [0.29, 0.717) is 17.8 Å². The summed E-state index contributed by atoms with van der Waals surface area (Å²) in [5, 5.41) is 4.43. The van der Waals surface area contributed by atoms with Gasteiger partial charge in [-0.25, -0.2) is 9.18 Å². The lowest BCUT2D eigenvalue weighted by atomic mass is 9.95. The topological polar surface area (TPSA) is 51.2 Å². The Morgan fingerprint density at radius 3 is 2.46 bits per heavy atom. The van der Waals surface area contributed by atoms with Gasteiger partial charge in [0.2, 0.25) is 0 Å². The van der Waals surface area contributed by atoms with E-state index in [9.17, 15) is 9.18 Å². The number of fused-ring (bicyclic) bond motifs is 1. The second kappa shape index (κ2) is 8.48. The number of carbonyl (C=O) groups excluding carboxylic acids is 1. The number of methoxy groups -OCH3 is 1. The minimum Gasteiger partial charge on any atom is -0.465 e. The van der Waals surface area contributed by atoms with Gasteiger partial charge < -0.3 is 10.1 Å². The van der Waals surface area contributed by atoms with Crippen molar-refractivity contribution < 1.29 is 13.9 Å². The molecule has 0 fully saturated rings. The summed E-state index contributed by atoms with van der Waals surface area (Å²) in [5.74, 6) is -0.380. The van der Waals surface area contributed by atoms with E-state index >= 15 is 0 Å². The third-order valence-corrected chi connectivity index (χ3v) is 5.00. The maximum atomic E-state index is 13.3. The van der Waals surface area contributed by atoms with Gasteiger partial charge in [-0.15, -0.1) is 0 Å². The SMILES string of the molecule is COC(=O)c1c(CN[C@H](c2ccc(F)cc2)C(C)C)nc2ccccc2c1C. The molecule has 0 bridgehead atoms. The standard InChI is InChI=1S/C23H25FN2O2/c1-14(2)22(16-9-11-17(24)12-10-16)25-13-20-21(23(27)28-4)15(3)18-7-5-6-8-19(18)26-20/h5-12,14,22,25H,13H2,1-4H3/t22-/m0/s1. The van der Waals surface area contributed by atoms with Gasteiger partial charge in [0.1, 0.15) is 5.82 Å². The van der Waals surface area contributed by atoms with Gasteiger partial charge in [-0.3, -0.25) is 4.98 Å². The Labute approximate surface area is 164 Å². The summed E-state index contributed by atoms with van der Waals surface area (Å²) >= 11 is 0. The molecule has 1 N–H and O–H groups in total. The van der Waals surface area contributed by atoms with Crippen molar-refractivity contribution in [2.75, 3.05) is 7.11 Å². The Hall–Kier alpha value is -2.79. The fraction of sp³-hybridized carbons (Fsp3) is 0.304. The van der Waals surface area contributed by atoms with Crippen LogP contribution in [0.25, 0.3) is 10.9 Å². The summed E-state index contributed by atoms with van der Waals surface area (Å²) < 4.78 is 18.3. The fourth-order valence-corrected chi connectivity index (χ4v) is 3.56. The molecule has 146 valence electrons. The van der Waals surface area contributed by atoms with E-state index in [-0.39, 0.29) is 17.8 Å². The van der Waals surface area contributed by atoms with Gasteiger partial charge in [-0.1, -0.05) is 44.2 Å². The number of carbonyl (C=O) groups is 1. The van der Waals surface area contributed by atoms with Crippen molar-refractivity contribution in [2.45, 2.75) is 33.4 Å². The van der Waals surface area contributed by atoms with Crippen LogP contribution in [0.4, 0.5) is 4.39 Å². The molecule has 1 heterocycles. The lowest BCUT2D eigenvalue weighted by Crippen LogP contribution is -2.27. The van der Waals surface area contributed by atoms with Crippen molar-refractivity contribution in [1.29, 1.82) is 0 Å². The third kappa shape index (κ3) is 4.04. The van der Waals surface area contributed by atoms with E-state index in [1.807, 2.05) is 31.2 Å². The van der Waals surface area contributed by atoms with Gasteiger partial charge in [0.05, 0.1) is 23.9 Å². The summed E-state index contributed by atoms with van der Waals surface area (Å²) in [6, 6.07) is 14.2. The van der Waals surface area contributed by atoms with Crippen LogP contribution in [0.1, 0.15) is 47.1 Å². The first-order valence-corrected chi connectivity index (χ1v) is 9.37. The number of nitrogens with zero attached hydrogens (tertiary/aromatic N) is 1. The smallest absolute Gasteiger partial charge is 0.340 e. The molecule has 0 spiro atoms. The Morgan fingerprint density at radius 1 is 1.14 bits per heavy atom. The summed E-state index contributed by atoms with van der Waals surface area (Å²) in [6.45, 7) is 6.51. The zero-order valence-electron chi connectivity index (χ0n) is 16.6. The quantitative estimate of drug-likeness (QED) is 0.615. The van der Waals surface area contributed by atoms with Crippen LogP contribution in [0.3, 0.4) is 0 Å². The Bertz CT molecular complexity index is 984. The van der Waals surface area contributed by atoms with Crippen LogP contribution in [0, 0.1) is 18.7 Å². The van der Waals surface area contributed by atoms with Crippen LogP contribution in [0.15, 0.2) is 48.5 Å². The maximum absolute atomic E-state index is 13.3. The first kappa shape index (κ1) is 20.0. The van der Waals surface area contributed by atoms with E-state index < -0.39 is 5.97 Å². The number of benzene rings is 2. The van der Waals surface area contributed by atoms with Crippen LogP contribution < -0.4 is 5.32 Å². The molecule has 1 atom stereocenters. The number of nitrogens with one attached hydrogen (secondary N) is 1. The average molecular weight is 380 g/mol. The normalized spacial score (nSPS) is 12.4. The average Bonchev–Trinajstić information content (AvgIpc) is 2.69. The van der Waals surface area contributed by atoms with Crippen molar-refractivity contribution in [2.24, 2.45) is 5.92 Å². The number of rotatable bonds is 6. The molecule has 4 nitrogen and oxygen atoms in total. The third-order valence-electron chi connectivity index (χ3n) is 5.00. The van der Waals surface area contributed by atoms with Crippen LogP contribution in [-0.4, -0.2) is 18.1 Å². The lowest BCUT2D eigenvalue weighted by molar-refractivity contribution is 0.0598. The molecule has 0 aliphatic heterocycles. The van der Waals surface area contributed by atoms with Crippen molar-refractivity contribution in [3.63, 3.8) is 0 Å². The maximum Gasteiger partial charge on any atom is 0.340 e. The summed E-state index contributed by atoms with van der Waals surface area (Å²) in [6.07, 6.45) is 0. The van der Waals surface area contributed by atoms with Crippen molar-refractivity contribution >= 4 is 16.9 Å². The highest BCUT2D eigenvalue weighted by molar-refractivity contribution is 5.98. The molecular weight excluding hydrogens is 355 g/mol. The molecule has 5 heteroatoms. The fourth-order valence-electron chi connectivity index (χ4n) is 3.56. The van der Waals surface area contributed by atoms with Gasteiger partial charge >= 0.3 is 5.97 Å². The molecular formula is C23H25FN2O2. The number of pyridine rings is 1. The molecule has 0 aliphatic carbocycles. The van der Waals surface area contributed by atoms with Crippen LogP contribution in [-0.2, 0) is 11.3 Å². The molecule has 0 unspecified atom stereocenters. The molecule has 1 aromatic heterocycles. The van der Waals surface area contributed by atoms with Crippen LogP contribution in [0.2, 0.25) is 0 Å². The Kier molecular flexibility index (Phi) is 6.05. The van der Waals surface area contributed by atoms with Crippen LogP contribution >= 0.6 is 0 Å². The summed E-state index contributed by atoms with van der Waals surface area (Å²) in [5.41, 5.74) is 3.84. The minimum absolute atomic E-state index is 0.000302. The number of hydrogen-bond acceptors (Lipinski definition) is 4. The highest BCUT2D eigenvalue weighted by Crippen LogP contribution is 2.26. The predicted molar refractivity (Wildman–Crippen MR) is 109 cm³/mol. The number of ether oxygens (including phenoxy) is 1. The molecule has 0 amide bonds. The minimum atomic E-state index is -0.393. The summed E-state index contributed by atoms with van der Waals surface area (Å²) in [7, 11) is 1.38. The molecule has 0 saturated carbocycles. The van der Waals surface area contributed by atoms with Crippen molar-refractivity contribution in [3.8, 4) is 0 Å². The zero-order chi connectivity index (χ0) is 20.3. The molecule has 3 rings (SSSR count). The lowest BCUT2D eigenvalue weighted by Gasteiger charge is -2.24.